The van der Waals surface area contributed by atoms with Gasteiger partial charge in [0.1, 0.15) is 10.7 Å². The largest absolute Gasteiger partial charge is 0.398 e. The zero-order valence-electron chi connectivity index (χ0n) is 10.9. The van der Waals surface area contributed by atoms with E-state index in [-0.39, 0.29) is 22.7 Å². The van der Waals surface area contributed by atoms with E-state index in [0.29, 0.717) is 5.56 Å². The number of anilines is 1. The fraction of sp³-hybridized carbons (Fsp3) is 0.0714. The molecule has 0 saturated heterocycles. The number of hydrogen-bond acceptors (Lipinski definition) is 4. The number of nitrogens with one attached hydrogen (secondary N) is 1. The van der Waals surface area contributed by atoms with Crippen LogP contribution in [0.5, 0.6) is 0 Å². The summed E-state index contributed by atoms with van der Waals surface area (Å²) >= 11 is 0. The van der Waals surface area contributed by atoms with Gasteiger partial charge >= 0.3 is 0 Å². The maximum Gasteiger partial charge on any atom is 0.242 e. The summed E-state index contributed by atoms with van der Waals surface area (Å²) in [5.41, 5.74) is 6.40. The number of halogens is 1. The molecule has 0 unspecified atom stereocenters. The Morgan fingerprint density at radius 3 is 2.62 bits per heavy atom. The molecule has 0 spiro atoms. The molecule has 2 aromatic rings. The van der Waals surface area contributed by atoms with Gasteiger partial charge in [0, 0.05) is 6.54 Å². The van der Waals surface area contributed by atoms with Gasteiger partial charge in [0.15, 0.2) is 0 Å². The quantitative estimate of drug-likeness (QED) is 0.841. The number of hydrogen-bond donors (Lipinski definition) is 2. The molecule has 3 N–H and O–H groups in total. The average Bonchev–Trinajstić information content (AvgIpc) is 2.45. The van der Waals surface area contributed by atoms with Crippen LogP contribution in [-0.2, 0) is 16.6 Å². The molecule has 108 valence electrons. The van der Waals surface area contributed by atoms with E-state index in [4.69, 9.17) is 11.0 Å². The molecule has 0 aliphatic heterocycles. The highest BCUT2D eigenvalue weighted by Crippen LogP contribution is 2.19. The maximum absolute atomic E-state index is 13.0. The highest BCUT2D eigenvalue weighted by atomic mass is 32.2. The van der Waals surface area contributed by atoms with Crippen molar-refractivity contribution in [2.24, 2.45) is 0 Å². The lowest BCUT2D eigenvalue weighted by molar-refractivity contribution is 0.580. The minimum absolute atomic E-state index is 0.0132. The third-order valence-corrected chi connectivity index (χ3v) is 4.26. The number of benzene rings is 2. The van der Waals surface area contributed by atoms with Gasteiger partial charge in [-0.15, -0.1) is 0 Å². The number of nitrogen functional groups attached to an aromatic ring is 1. The summed E-state index contributed by atoms with van der Waals surface area (Å²) in [6.45, 7) is -0.0560. The van der Waals surface area contributed by atoms with E-state index in [2.05, 4.69) is 4.72 Å². The monoisotopic (exact) mass is 305 g/mol. The summed E-state index contributed by atoms with van der Waals surface area (Å²) in [4.78, 5) is -0.113. The van der Waals surface area contributed by atoms with Crippen LogP contribution in [0, 0.1) is 17.1 Å². The van der Waals surface area contributed by atoms with Gasteiger partial charge in [-0.1, -0.05) is 12.1 Å². The fourth-order valence-electron chi connectivity index (χ4n) is 1.77. The number of nitriles is 1. The maximum atomic E-state index is 13.0. The first-order valence-electron chi connectivity index (χ1n) is 5.96. The predicted molar refractivity (Wildman–Crippen MR) is 76.0 cm³/mol. The van der Waals surface area contributed by atoms with E-state index in [9.17, 15) is 12.8 Å². The van der Waals surface area contributed by atoms with Crippen molar-refractivity contribution < 1.29 is 12.8 Å². The molecule has 0 bridgehead atoms. The summed E-state index contributed by atoms with van der Waals surface area (Å²) in [5, 5.41) is 8.73. The number of nitrogens with zero attached hydrogens (tertiary/aromatic N) is 1. The minimum Gasteiger partial charge on any atom is -0.398 e. The van der Waals surface area contributed by atoms with Gasteiger partial charge < -0.3 is 5.73 Å². The van der Waals surface area contributed by atoms with E-state index in [0.717, 1.165) is 0 Å². The molecule has 0 radical (unpaired) electrons. The van der Waals surface area contributed by atoms with Crippen LogP contribution in [0.3, 0.4) is 0 Å². The van der Waals surface area contributed by atoms with Crippen molar-refractivity contribution in [3.8, 4) is 6.07 Å². The molecule has 0 aliphatic rings. The van der Waals surface area contributed by atoms with Crippen LogP contribution in [0.15, 0.2) is 47.4 Å². The van der Waals surface area contributed by atoms with Crippen LogP contribution < -0.4 is 10.5 Å². The smallest absolute Gasteiger partial charge is 0.242 e. The zero-order chi connectivity index (χ0) is 15.5. The van der Waals surface area contributed by atoms with E-state index in [1.54, 1.807) is 6.07 Å². The summed E-state index contributed by atoms with van der Waals surface area (Å²) in [5.74, 6) is -0.440. The molecular formula is C14H12FN3O2S. The molecule has 2 aromatic carbocycles. The van der Waals surface area contributed by atoms with Crippen molar-refractivity contribution in [2.75, 3.05) is 5.73 Å². The third-order valence-electron chi connectivity index (χ3n) is 2.78. The van der Waals surface area contributed by atoms with Crippen LogP contribution in [0.1, 0.15) is 11.1 Å². The SMILES string of the molecule is N#Cc1ccc(S(=O)(=O)NCc2cccc(F)c2)c(N)c1. The molecule has 0 atom stereocenters. The first-order valence-corrected chi connectivity index (χ1v) is 7.44. The highest BCUT2D eigenvalue weighted by molar-refractivity contribution is 7.89. The van der Waals surface area contributed by atoms with Crippen molar-refractivity contribution in [3.63, 3.8) is 0 Å². The summed E-state index contributed by atoms with van der Waals surface area (Å²) in [7, 11) is -3.83. The molecule has 0 aliphatic carbocycles. The Bertz CT molecular complexity index is 813. The highest BCUT2D eigenvalue weighted by Gasteiger charge is 2.17. The first-order chi connectivity index (χ1) is 9.92. The van der Waals surface area contributed by atoms with Crippen LogP contribution in [0.2, 0.25) is 0 Å². The lowest BCUT2D eigenvalue weighted by Crippen LogP contribution is -2.24. The second-order valence-electron chi connectivity index (χ2n) is 4.32. The molecule has 0 saturated carbocycles. The van der Waals surface area contributed by atoms with Crippen molar-refractivity contribution in [1.82, 2.24) is 4.72 Å². The van der Waals surface area contributed by atoms with E-state index in [1.807, 2.05) is 6.07 Å². The first kappa shape index (κ1) is 15.0. The number of sulfonamides is 1. The Kier molecular flexibility index (Phi) is 4.21. The van der Waals surface area contributed by atoms with E-state index in [1.165, 1.54) is 36.4 Å². The molecule has 7 heteroatoms. The summed E-state index contributed by atoms with van der Waals surface area (Å²) in [6.07, 6.45) is 0. The van der Waals surface area contributed by atoms with Crippen molar-refractivity contribution in [1.29, 1.82) is 5.26 Å². The van der Waals surface area contributed by atoms with Gasteiger partial charge in [0.25, 0.3) is 0 Å². The van der Waals surface area contributed by atoms with Crippen LogP contribution in [-0.4, -0.2) is 8.42 Å². The molecule has 0 amide bonds. The van der Waals surface area contributed by atoms with Gasteiger partial charge in [-0.05, 0) is 35.9 Å². The Labute approximate surface area is 121 Å². The molecule has 0 aromatic heterocycles. The van der Waals surface area contributed by atoms with Crippen LogP contribution >= 0.6 is 0 Å². The van der Waals surface area contributed by atoms with Crippen LogP contribution in [0.25, 0.3) is 0 Å². The second-order valence-corrected chi connectivity index (χ2v) is 6.05. The number of nitrogens with two attached hydrogens (primary N) is 1. The molecule has 0 fully saturated rings. The standard InChI is InChI=1S/C14H12FN3O2S/c15-12-3-1-2-11(6-12)9-18-21(19,20)14-5-4-10(8-16)7-13(14)17/h1-7,18H,9,17H2. The second kappa shape index (κ2) is 5.91. The average molecular weight is 305 g/mol. The van der Waals surface area contributed by atoms with Gasteiger partial charge in [-0.3, -0.25) is 0 Å². The zero-order valence-corrected chi connectivity index (χ0v) is 11.7. The Morgan fingerprint density at radius 2 is 2.00 bits per heavy atom. The lowest BCUT2D eigenvalue weighted by atomic mass is 10.2. The Hall–Kier alpha value is -2.43. The lowest BCUT2D eigenvalue weighted by Gasteiger charge is -2.09. The van der Waals surface area contributed by atoms with E-state index >= 15 is 0 Å². The Balaban J connectivity index is 2.21. The summed E-state index contributed by atoms with van der Waals surface area (Å²) in [6, 6.07) is 11.4. The Morgan fingerprint density at radius 1 is 1.24 bits per heavy atom. The third kappa shape index (κ3) is 3.56. The molecule has 5 nitrogen and oxygen atoms in total. The van der Waals surface area contributed by atoms with Gasteiger partial charge in [0.05, 0.1) is 17.3 Å². The molecule has 21 heavy (non-hydrogen) atoms. The molecular weight excluding hydrogens is 293 g/mol. The summed E-state index contributed by atoms with van der Waals surface area (Å²) < 4.78 is 39.7. The fourth-order valence-corrected chi connectivity index (χ4v) is 2.89. The van der Waals surface area contributed by atoms with Crippen LogP contribution in [0.4, 0.5) is 10.1 Å². The minimum atomic E-state index is -3.83. The van der Waals surface area contributed by atoms with Crippen molar-refractivity contribution in [3.05, 3.63) is 59.4 Å². The van der Waals surface area contributed by atoms with Gasteiger partial charge in [-0.2, -0.15) is 5.26 Å². The molecule has 2 rings (SSSR count). The number of rotatable bonds is 4. The normalized spacial score (nSPS) is 11.0. The van der Waals surface area contributed by atoms with Crippen molar-refractivity contribution in [2.45, 2.75) is 11.4 Å². The van der Waals surface area contributed by atoms with Crippen molar-refractivity contribution >= 4 is 15.7 Å². The topological polar surface area (TPSA) is 96.0 Å². The van der Waals surface area contributed by atoms with Gasteiger partial charge in [0.2, 0.25) is 10.0 Å². The van der Waals surface area contributed by atoms with Gasteiger partial charge in [-0.25, -0.2) is 17.5 Å². The van der Waals surface area contributed by atoms with E-state index < -0.39 is 15.8 Å². The predicted octanol–water partition coefficient (Wildman–Crippen LogP) is 1.76. The molecule has 0 heterocycles.